The number of halogens is 1. The molecule has 7 heteroatoms. The first-order valence-electron chi connectivity index (χ1n) is 9.24. The second-order valence-corrected chi connectivity index (χ2v) is 6.68. The third kappa shape index (κ3) is 3.33. The molecule has 2 aromatic heterocycles. The summed E-state index contributed by atoms with van der Waals surface area (Å²) >= 11 is 0. The molecule has 0 amide bonds. The highest BCUT2D eigenvalue weighted by Gasteiger charge is 2.29. The van der Waals surface area contributed by atoms with E-state index < -0.39 is 5.97 Å². The van der Waals surface area contributed by atoms with Crippen LogP contribution < -0.4 is 4.90 Å². The standard InChI is InChI=1S/C21H21FN2O4/c1-3-26-21(25)16-11-23-19-13(2)9-14(22)10-15(19)20(16)24-6-8-28-18(12-24)17-5-4-7-27-17/h4-5,7,9-11,18H,3,6,8,12H2,1-2H3. The largest absolute Gasteiger partial charge is 0.467 e. The lowest BCUT2D eigenvalue weighted by Crippen LogP contribution is -2.39. The van der Waals surface area contributed by atoms with Crippen LogP contribution in [0.3, 0.4) is 0 Å². The number of nitrogens with zero attached hydrogens (tertiary/aromatic N) is 2. The molecular formula is C21H21FN2O4. The fourth-order valence-electron chi connectivity index (χ4n) is 3.62. The van der Waals surface area contributed by atoms with E-state index in [2.05, 4.69) is 4.98 Å². The first-order chi connectivity index (χ1) is 13.6. The van der Waals surface area contributed by atoms with Gasteiger partial charge in [0.1, 0.15) is 23.2 Å². The number of hydrogen-bond acceptors (Lipinski definition) is 6. The number of furan rings is 1. The smallest absolute Gasteiger partial charge is 0.341 e. The van der Waals surface area contributed by atoms with Gasteiger partial charge in [0.2, 0.25) is 0 Å². The number of aromatic nitrogens is 1. The fraction of sp³-hybridized carbons (Fsp3) is 0.333. The Balaban J connectivity index is 1.85. The number of rotatable bonds is 4. The number of esters is 1. The van der Waals surface area contributed by atoms with Gasteiger partial charge >= 0.3 is 5.97 Å². The lowest BCUT2D eigenvalue weighted by molar-refractivity contribution is 0.0256. The molecule has 1 atom stereocenters. The maximum absolute atomic E-state index is 14.2. The molecule has 0 radical (unpaired) electrons. The number of aryl methyl sites for hydroxylation is 1. The molecule has 0 spiro atoms. The Kier molecular flexibility index (Phi) is 5.00. The highest BCUT2D eigenvalue weighted by molar-refractivity contribution is 6.06. The predicted octanol–water partition coefficient (Wildman–Crippen LogP) is 4.03. The number of anilines is 1. The van der Waals surface area contributed by atoms with E-state index in [1.54, 1.807) is 20.1 Å². The van der Waals surface area contributed by atoms with Crippen molar-refractivity contribution in [3.8, 4) is 0 Å². The number of hydrogen-bond donors (Lipinski definition) is 0. The molecule has 0 N–H and O–H groups in total. The number of benzene rings is 1. The number of pyridine rings is 1. The topological polar surface area (TPSA) is 64.8 Å². The van der Waals surface area contributed by atoms with Crippen molar-refractivity contribution in [2.24, 2.45) is 0 Å². The van der Waals surface area contributed by atoms with Crippen LogP contribution in [0.25, 0.3) is 10.9 Å². The number of carbonyl (C=O) groups is 1. The van der Waals surface area contributed by atoms with Crippen LogP contribution in [0, 0.1) is 12.7 Å². The van der Waals surface area contributed by atoms with Gasteiger partial charge in [0.25, 0.3) is 0 Å². The van der Waals surface area contributed by atoms with Crippen molar-refractivity contribution in [1.29, 1.82) is 0 Å². The summed E-state index contributed by atoms with van der Waals surface area (Å²) < 4.78 is 30.8. The van der Waals surface area contributed by atoms with Crippen LogP contribution in [0.2, 0.25) is 0 Å². The van der Waals surface area contributed by atoms with Gasteiger partial charge in [-0.1, -0.05) is 0 Å². The Morgan fingerprint density at radius 3 is 3.04 bits per heavy atom. The lowest BCUT2D eigenvalue weighted by Gasteiger charge is -2.35. The van der Waals surface area contributed by atoms with E-state index in [1.807, 2.05) is 17.0 Å². The van der Waals surface area contributed by atoms with Crippen molar-refractivity contribution in [2.75, 3.05) is 31.2 Å². The number of morpholine rings is 1. The third-order valence-corrected chi connectivity index (χ3v) is 4.84. The van der Waals surface area contributed by atoms with Crippen LogP contribution in [0.15, 0.2) is 41.1 Å². The van der Waals surface area contributed by atoms with E-state index >= 15 is 0 Å². The maximum Gasteiger partial charge on any atom is 0.341 e. The van der Waals surface area contributed by atoms with Gasteiger partial charge in [-0.15, -0.1) is 0 Å². The van der Waals surface area contributed by atoms with Gasteiger partial charge in [-0.25, -0.2) is 9.18 Å². The summed E-state index contributed by atoms with van der Waals surface area (Å²) in [5.74, 6) is -0.136. The fourth-order valence-corrected chi connectivity index (χ4v) is 3.62. The van der Waals surface area contributed by atoms with Crippen LogP contribution in [0.4, 0.5) is 10.1 Å². The van der Waals surface area contributed by atoms with Crippen LogP contribution in [-0.4, -0.2) is 37.3 Å². The average Bonchev–Trinajstić information content (AvgIpc) is 3.22. The molecule has 1 unspecified atom stereocenters. The van der Waals surface area contributed by atoms with Crippen LogP contribution in [0.1, 0.15) is 34.7 Å². The van der Waals surface area contributed by atoms with Gasteiger partial charge in [-0.3, -0.25) is 4.98 Å². The molecule has 1 fully saturated rings. The van der Waals surface area contributed by atoms with E-state index in [0.29, 0.717) is 53.2 Å². The van der Waals surface area contributed by atoms with Crippen LogP contribution in [0.5, 0.6) is 0 Å². The van der Waals surface area contributed by atoms with Gasteiger partial charge in [0, 0.05) is 18.1 Å². The summed E-state index contributed by atoms with van der Waals surface area (Å²) in [6.45, 7) is 5.27. The molecule has 1 aliphatic rings. The molecular weight excluding hydrogens is 363 g/mol. The molecule has 1 saturated heterocycles. The first-order valence-corrected chi connectivity index (χ1v) is 9.24. The van der Waals surface area contributed by atoms with Crippen LogP contribution >= 0.6 is 0 Å². The highest BCUT2D eigenvalue weighted by atomic mass is 19.1. The summed E-state index contributed by atoms with van der Waals surface area (Å²) in [5.41, 5.74) is 2.30. The summed E-state index contributed by atoms with van der Waals surface area (Å²) in [4.78, 5) is 19.0. The molecule has 1 aliphatic heterocycles. The van der Waals surface area contributed by atoms with E-state index in [1.165, 1.54) is 18.3 Å². The van der Waals surface area contributed by atoms with E-state index in [-0.39, 0.29) is 18.5 Å². The minimum absolute atomic E-state index is 0.247. The highest BCUT2D eigenvalue weighted by Crippen LogP contribution is 2.35. The Hall–Kier alpha value is -2.93. The van der Waals surface area contributed by atoms with Crippen molar-refractivity contribution >= 4 is 22.6 Å². The Bertz CT molecular complexity index is 1000. The Labute approximate surface area is 161 Å². The van der Waals surface area contributed by atoms with E-state index in [0.717, 1.165) is 0 Å². The number of carbonyl (C=O) groups excluding carboxylic acids is 1. The number of ether oxygens (including phenoxy) is 2. The molecule has 3 aromatic rings. The third-order valence-electron chi connectivity index (χ3n) is 4.84. The van der Waals surface area contributed by atoms with Crippen molar-refractivity contribution < 1.29 is 23.1 Å². The lowest BCUT2D eigenvalue weighted by atomic mass is 10.0. The SMILES string of the molecule is CCOC(=O)c1cnc2c(C)cc(F)cc2c1N1CCOC(c2ccco2)C1. The van der Waals surface area contributed by atoms with Crippen molar-refractivity contribution in [3.05, 3.63) is 59.4 Å². The normalized spacial score (nSPS) is 17.1. The maximum atomic E-state index is 14.2. The Morgan fingerprint density at radius 2 is 2.29 bits per heavy atom. The van der Waals surface area contributed by atoms with Gasteiger partial charge in [-0.05, 0) is 43.7 Å². The second kappa shape index (κ2) is 7.59. The Morgan fingerprint density at radius 1 is 1.43 bits per heavy atom. The first kappa shape index (κ1) is 18.4. The minimum Gasteiger partial charge on any atom is -0.467 e. The summed E-state index contributed by atoms with van der Waals surface area (Å²) in [5, 5.41) is 0.586. The molecule has 0 aliphatic carbocycles. The molecule has 1 aromatic carbocycles. The van der Waals surface area contributed by atoms with Crippen molar-refractivity contribution in [3.63, 3.8) is 0 Å². The number of fused-ring (bicyclic) bond motifs is 1. The predicted molar refractivity (Wildman–Crippen MR) is 102 cm³/mol. The summed E-state index contributed by atoms with van der Waals surface area (Å²) in [7, 11) is 0. The summed E-state index contributed by atoms with van der Waals surface area (Å²) in [6, 6.07) is 6.52. The van der Waals surface area contributed by atoms with Gasteiger partial charge in [-0.2, -0.15) is 0 Å². The molecule has 28 heavy (non-hydrogen) atoms. The van der Waals surface area contributed by atoms with E-state index in [4.69, 9.17) is 13.9 Å². The van der Waals surface area contributed by atoms with Gasteiger partial charge < -0.3 is 18.8 Å². The van der Waals surface area contributed by atoms with Gasteiger partial charge in [0.15, 0.2) is 0 Å². The zero-order valence-electron chi connectivity index (χ0n) is 15.8. The van der Waals surface area contributed by atoms with Crippen molar-refractivity contribution in [1.82, 2.24) is 4.98 Å². The van der Waals surface area contributed by atoms with Gasteiger partial charge in [0.05, 0.1) is 37.2 Å². The van der Waals surface area contributed by atoms with E-state index in [9.17, 15) is 9.18 Å². The molecule has 146 valence electrons. The molecule has 3 heterocycles. The zero-order valence-corrected chi connectivity index (χ0v) is 15.8. The quantitative estimate of drug-likeness (QED) is 0.633. The molecule has 0 bridgehead atoms. The summed E-state index contributed by atoms with van der Waals surface area (Å²) in [6.07, 6.45) is 2.83. The zero-order chi connectivity index (χ0) is 19.7. The van der Waals surface area contributed by atoms with Crippen molar-refractivity contribution in [2.45, 2.75) is 20.0 Å². The molecule has 4 rings (SSSR count). The average molecular weight is 384 g/mol. The monoisotopic (exact) mass is 384 g/mol. The minimum atomic E-state index is -0.477. The van der Waals surface area contributed by atoms with Crippen LogP contribution in [-0.2, 0) is 9.47 Å². The molecule has 6 nitrogen and oxygen atoms in total. The second-order valence-electron chi connectivity index (χ2n) is 6.68. The molecule has 0 saturated carbocycles.